The lowest BCUT2D eigenvalue weighted by atomic mass is 10.0. The minimum atomic E-state index is -3.96. The number of amides is 1. The second-order valence-electron chi connectivity index (χ2n) is 5.32. The summed E-state index contributed by atoms with van der Waals surface area (Å²) in [6.07, 6.45) is 0. The fourth-order valence-corrected chi connectivity index (χ4v) is 4.42. The van der Waals surface area contributed by atoms with E-state index in [2.05, 4.69) is 5.32 Å². The zero-order chi connectivity index (χ0) is 17.3. The molecule has 1 amide bonds. The Morgan fingerprint density at radius 2 is 1.88 bits per heavy atom. The van der Waals surface area contributed by atoms with Crippen molar-refractivity contribution in [3.05, 3.63) is 64.9 Å². The van der Waals surface area contributed by atoms with E-state index in [1.807, 2.05) is 0 Å². The van der Waals surface area contributed by atoms with Crippen molar-refractivity contribution < 1.29 is 17.6 Å². The smallest absolute Gasteiger partial charge is 0.244 e. The number of nitrogens with zero attached hydrogens (tertiary/aromatic N) is 1. The number of nitrogens with one attached hydrogen (secondary N) is 1. The lowest BCUT2D eigenvalue weighted by Crippen LogP contribution is -2.52. The van der Waals surface area contributed by atoms with Crippen LogP contribution in [0, 0.1) is 5.82 Å². The van der Waals surface area contributed by atoms with Gasteiger partial charge in [0, 0.05) is 18.1 Å². The molecule has 0 saturated carbocycles. The van der Waals surface area contributed by atoms with Crippen LogP contribution in [0.15, 0.2) is 53.4 Å². The summed E-state index contributed by atoms with van der Waals surface area (Å²) in [5, 5.41) is 3.07. The zero-order valence-corrected chi connectivity index (χ0v) is 14.0. The minimum absolute atomic E-state index is 0.0642. The summed E-state index contributed by atoms with van der Waals surface area (Å²) in [6, 6.07) is 10.0. The van der Waals surface area contributed by atoms with Crippen molar-refractivity contribution in [3.63, 3.8) is 0 Å². The van der Waals surface area contributed by atoms with Gasteiger partial charge in [0.15, 0.2) is 0 Å². The Kier molecular flexibility index (Phi) is 4.58. The van der Waals surface area contributed by atoms with Gasteiger partial charge in [-0.1, -0.05) is 23.7 Å². The number of sulfonamides is 1. The van der Waals surface area contributed by atoms with Gasteiger partial charge in [0.2, 0.25) is 15.9 Å². The van der Waals surface area contributed by atoms with Crippen LogP contribution in [-0.2, 0) is 14.8 Å². The van der Waals surface area contributed by atoms with E-state index in [1.54, 1.807) is 24.3 Å². The van der Waals surface area contributed by atoms with E-state index in [4.69, 9.17) is 11.6 Å². The quantitative estimate of drug-likeness (QED) is 0.904. The number of rotatable bonds is 3. The molecule has 0 aromatic heterocycles. The first kappa shape index (κ1) is 16.9. The molecule has 3 rings (SSSR count). The molecule has 1 aliphatic rings. The molecule has 2 aromatic rings. The summed E-state index contributed by atoms with van der Waals surface area (Å²) in [4.78, 5) is 12.3. The van der Waals surface area contributed by atoms with Crippen LogP contribution >= 0.6 is 11.6 Å². The standard InChI is InChI=1S/C16H14ClFN2O3S/c17-12-3-1-2-11(10-12)15-16(21)19-8-9-20(15)24(22,23)14-6-4-13(18)5-7-14/h1-7,10,15H,8-9H2,(H,19,21). The SMILES string of the molecule is O=C1NCCN(S(=O)(=O)c2ccc(F)cc2)C1c1cccc(Cl)c1. The highest BCUT2D eigenvalue weighted by Gasteiger charge is 2.39. The number of carbonyl (C=O) groups excluding carboxylic acids is 1. The maximum atomic E-state index is 13.1. The summed E-state index contributed by atoms with van der Waals surface area (Å²) in [5.74, 6) is -0.953. The third kappa shape index (κ3) is 3.15. The Bertz CT molecular complexity index is 871. The van der Waals surface area contributed by atoms with Crippen molar-refractivity contribution in [1.82, 2.24) is 9.62 Å². The van der Waals surface area contributed by atoms with Crippen molar-refractivity contribution in [2.45, 2.75) is 10.9 Å². The summed E-state index contributed by atoms with van der Waals surface area (Å²) >= 11 is 5.97. The Morgan fingerprint density at radius 3 is 2.54 bits per heavy atom. The molecule has 1 atom stereocenters. The molecule has 1 fully saturated rings. The van der Waals surface area contributed by atoms with Crippen molar-refractivity contribution >= 4 is 27.5 Å². The zero-order valence-electron chi connectivity index (χ0n) is 12.4. The second kappa shape index (κ2) is 6.51. The summed E-state index contributed by atoms with van der Waals surface area (Å²) in [6.45, 7) is 0.318. The Labute approximate surface area is 144 Å². The molecule has 0 radical (unpaired) electrons. The lowest BCUT2D eigenvalue weighted by Gasteiger charge is -2.34. The molecular formula is C16H14ClFN2O3S. The van der Waals surface area contributed by atoms with E-state index in [0.29, 0.717) is 10.6 Å². The molecule has 8 heteroatoms. The van der Waals surface area contributed by atoms with Gasteiger partial charge in [-0.15, -0.1) is 0 Å². The number of piperazine rings is 1. The third-order valence-corrected chi connectivity index (χ3v) is 5.87. The number of carbonyl (C=O) groups is 1. The van der Waals surface area contributed by atoms with Gasteiger partial charge in [0.1, 0.15) is 11.9 Å². The highest BCUT2D eigenvalue weighted by atomic mass is 35.5. The molecule has 126 valence electrons. The Hall–Kier alpha value is -1.96. The number of halogens is 2. The highest BCUT2D eigenvalue weighted by molar-refractivity contribution is 7.89. The average Bonchev–Trinajstić information content (AvgIpc) is 2.55. The normalized spacial score (nSPS) is 19.1. The van der Waals surface area contributed by atoms with Crippen molar-refractivity contribution in [3.8, 4) is 0 Å². The van der Waals surface area contributed by atoms with Crippen LogP contribution in [0.1, 0.15) is 11.6 Å². The van der Waals surface area contributed by atoms with Gasteiger partial charge >= 0.3 is 0 Å². The molecular weight excluding hydrogens is 355 g/mol. The molecule has 1 unspecified atom stereocenters. The first-order valence-electron chi connectivity index (χ1n) is 7.20. The van der Waals surface area contributed by atoms with E-state index < -0.39 is 27.8 Å². The molecule has 0 spiro atoms. The van der Waals surface area contributed by atoms with Crippen LogP contribution in [0.3, 0.4) is 0 Å². The molecule has 2 aromatic carbocycles. The van der Waals surface area contributed by atoms with E-state index in [-0.39, 0.29) is 18.0 Å². The van der Waals surface area contributed by atoms with Crippen LogP contribution < -0.4 is 5.32 Å². The summed E-state index contributed by atoms with van der Waals surface area (Å²) in [7, 11) is -3.96. The summed E-state index contributed by atoms with van der Waals surface area (Å²) in [5.41, 5.74) is 0.477. The maximum Gasteiger partial charge on any atom is 0.244 e. The molecule has 1 aliphatic heterocycles. The van der Waals surface area contributed by atoms with Crippen LogP contribution in [0.2, 0.25) is 5.02 Å². The van der Waals surface area contributed by atoms with Gasteiger partial charge in [0.25, 0.3) is 0 Å². The molecule has 1 saturated heterocycles. The first-order chi connectivity index (χ1) is 11.4. The van der Waals surface area contributed by atoms with Gasteiger partial charge in [-0.05, 0) is 42.0 Å². The van der Waals surface area contributed by atoms with Gasteiger partial charge in [-0.3, -0.25) is 4.79 Å². The van der Waals surface area contributed by atoms with Crippen molar-refractivity contribution in [1.29, 1.82) is 0 Å². The lowest BCUT2D eigenvalue weighted by molar-refractivity contribution is -0.126. The summed E-state index contributed by atoms with van der Waals surface area (Å²) < 4.78 is 40.0. The van der Waals surface area contributed by atoms with E-state index >= 15 is 0 Å². The van der Waals surface area contributed by atoms with Gasteiger partial charge in [-0.2, -0.15) is 4.31 Å². The fraction of sp³-hybridized carbons (Fsp3) is 0.188. The second-order valence-corrected chi connectivity index (χ2v) is 7.65. The van der Waals surface area contributed by atoms with Crippen LogP contribution in [0.5, 0.6) is 0 Å². The molecule has 1 heterocycles. The van der Waals surface area contributed by atoms with Gasteiger partial charge in [0.05, 0.1) is 4.90 Å². The van der Waals surface area contributed by atoms with Crippen LogP contribution in [-0.4, -0.2) is 31.7 Å². The van der Waals surface area contributed by atoms with Crippen molar-refractivity contribution in [2.75, 3.05) is 13.1 Å². The average molecular weight is 369 g/mol. The number of benzene rings is 2. The Balaban J connectivity index is 2.06. The fourth-order valence-electron chi connectivity index (χ4n) is 2.64. The maximum absolute atomic E-state index is 13.1. The van der Waals surface area contributed by atoms with Gasteiger partial charge < -0.3 is 5.32 Å². The predicted molar refractivity (Wildman–Crippen MR) is 87.5 cm³/mol. The van der Waals surface area contributed by atoms with E-state index in [1.165, 1.54) is 12.1 Å². The highest BCUT2D eigenvalue weighted by Crippen LogP contribution is 2.30. The van der Waals surface area contributed by atoms with E-state index in [0.717, 1.165) is 16.4 Å². The number of hydrogen-bond donors (Lipinski definition) is 1. The molecule has 1 N–H and O–H groups in total. The van der Waals surface area contributed by atoms with Crippen molar-refractivity contribution in [2.24, 2.45) is 0 Å². The monoisotopic (exact) mass is 368 g/mol. The minimum Gasteiger partial charge on any atom is -0.353 e. The van der Waals surface area contributed by atoms with Crippen LogP contribution in [0.25, 0.3) is 0 Å². The van der Waals surface area contributed by atoms with Crippen LogP contribution in [0.4, 0.5) is 4.39 Å². The molecule has 5 nitrogen and oxygen atoms in total. The molecule has 24 heavy (non-hydrogen) atoms. The largest absolute Gasteiger partial charge is 0.353 e. The van der Waals surface area contributed by atoms with E-state index in [9.17, 15) is 17.6 Å². The third-order valence-electron chi connectivity index (χ3n) is 3.75. The molecule has 0 bridgehead atoms. The topological polar surface area (TPSA) is 66.5 Å². The molecule has 0 aliphatic carbocycles. The predicted octanol–water partition coefficient (Wildman–Crippen LogP) is 2.34. The Morgan fingerprint density at radius 1 is 1.17 bits per heavy atom. The first-order valence-corrected chi connectivity index (χ1v) is 9.02. The number of hydrogen-bond acceptors (Lipinski definition) is 3. The van der Waals surface area contributed by atoms with Gasteiger partial charge in [-0.25, -0.2) is 12.8 Å².